The lowest BCUT2D eigenvalue weighted by Gasteiger charge is -2.14. The summed E-state index contributed by atoms with van der Waals surface area (Å²) in [4.78, 5) is -0.0971. The zero-order valence-corrected chi connectivity index (χ0v) is 12.9. The fourth-order valence-corrected chi connectivity index (χ4v) is 3.33. The zero-order valence-electron chi connectivity index (χ0n) is 12.1. The van der Waals surface area contributed by atoms with E-state index in [1.807, 2.05) is 13.8 Å². The molecule has 0 aliphatic carbocycles. The largest absolute Gasteiger partial charge is 0.397 e. The van der Waals surface area contributed by atoms with Crippen molar-refractivity contribution in [3.63, 3.8) is 0 Å². The van der Waals surface area contributed by atoms with Crippen LogP contribution in [0.5, 0.6) is 0 Å². The van der Waals surface area contributed by atoms with E-state index in [-0.39, 0.29) is 4.90 Å². The van der Waals surface area contributed by atoms with Gasteiger partial charge >= 0.3 is 0 Å². The molecule has 2 aromatic carbocycles. The minimum absolute atomic E-state index is 0.0971. The number of hydrogen-bond donors (Lipinski definition) is 2. The normalized spacial score (nSPS) is 11.4. The van der Waals surface area contributed by atoms with Gasteiger partial charge in [0.25, 0.3) is 10.0 Å². The van der Waals surface area contributed by atoms with Crippen LogP contribution in [0.25, 0.3) is 0 Å². The van der Waals surface area contributed by atoms with Crippen LogP contribution in [0.15, 0.2) is 35.2 Å². The Morgan fingerprint density at radius 3 is 2.29 bits per heavy atom. The highest BCUT2D eigenvalue weighted by Gasteiger charge is 2.19. The van der Waals surface area contributed by atoms with Crippen molar-refractivity contribution in [1.29, 1.82) is 0 Å². The molecule has 0 bridgehead atoms. The Labute approximate surface area is 123 Å². The average molecular weight is 308 g/mol. The van der Waals surface area contributed by atoms with Crippen molar-refractivity contribution >= 4 is 21.4 Å². The number of aryl methyl sites for hydroxylation is 3. The molecular weight excluding hydrogens is 291 g/mol. The van der Waals surface area contributed by atoms with Crippen molar-refractivity contribution in [1.82, 2.24) is 0 Å². The standard InChI is InChI=1S/C15H17FN2O2S/c1-9-4-5-12(16)8-15(9)21(19,20)18-14-7-11(3)10(2)6-13(14)17/h4-8,18H,17H2,1-3H3. The maximum Gasteiger partial charge on any atom is 0.262 e. The number of nitrogens with two attached hydrogens (primary N) is 1. The third-order valence-corrected chi connectivity index (χ3v) is 4.86. The molecule has 0 radical (unpaired) electrons. The number of sulfonamides is 1. The van der Waals surface area contributed by atoms with Crippen molar-refractivity contribution in [2.75, 3.05) is 10.5 Å². The second-order valence-electron chi connectivity index (χ2n) is 5.04. The Kier molecular flexibility index (Phi) is 3.91. The Balaban J connectivity index is 2.47. The molecule has 3 N–H and O–H groups in total. The van der Waals surface area contributed by atoms with E-state index in [1.54, 1.807) is 19.1 Å². The van der Waals surface area contributed by atoms with Gasteiger partial charge in [-0.2, -0.15) is 0 Å². The Hall–Kier alpha value is -2.08. The first-order chi connectivity index (χ1) is 9.70. The summed E-state index contributed by atoms with van der Waals surface area (Å²) in [6, 6.07) is 7.00. The molecule has 0 aliphatic rings. The van der Waals surface area contributed by atoms with Gasteiger partial charge in [-0.25, -0.2) is 12.8 Å². The third kappa shape index (κ3) is 3.16. The fourth-order valence-electron chi connectivity index (χ4n) is 1.99. The number of benzene rings is 2. The molecule has 0 aromatic heterocycles. The number of halogens is 1. The number of nitrogens with one attached hydrogen (secondary N) is 1. The van der Waals surface area contributed by atoms with Crippen LogP contribution >= 0.6 is 0 Å². The van der Waals surface area contributed by atoms with E-state index < -0.39 is 15.8 Å². The number of hydrogen-bond acceptors (Lipinski definition) is 3. The third-order valence-electron chi connectivity index (χ3n) is 3.35. The van der Waals surface area contributed by atoms with Gasteiger partial charge in [-0.15, -0.1) is 0 Å². The number of nitrogen functional groups attached to an aromatic ring is 1. The molecule has 0 saturated heterocycles. The molecule has 0 fully saturated rings. The lowest BCUT2D eigenvalue weighted by Crippen LogP contribution is -2.16. The maximum atomic E-state index is 13.3. The molecule has 21 heavy (non-hydrogen) atoms. The lowest BCUT2D eigenvalue weighted by molar-refractivity contribution is 0.594. The van der Waals surface area contributed by atoms with Crippen molar-refractivity contribution in [2.45, 2.75) is 25.7 Å². The van der Waals surface area contributed by atoms with E-state index >= 15 is 0 Å². The van der Waals surface area contributed by atoms with Gasteiger partial charge in [0.05, 0.1) is 16.3 Å². The summed E-state index contributed by atoms with van der Waals surface area (Å²) in [5.74, 6) is -0.603. The molecule has 2 rings (SSSR count). The molecule has 0 unspecified atom stereocenters. The molecule has 2 aromatic rings. The van der Waals surface area contributed by atoms with Crippen molar-refractivity contribution in [2.24, 2.45) is 0 Å². The monoisotopic (exact) mass is 308 g/mol. The summed E-state index contributed by atoms with van der Waals surface area (Å²) in [5, 5.41) is 0. The number of rotatable bonds is 3. The molecule has 0 saturated carbocycles. The van der Waals surface area contributed by atoms with E-state index in [0.29, 0.717) is 16.9 Å². The van der Waals surface area contributed by atoms with Gasteiger partial charge in [-0.3, -0.25) is 4.72 Å². The highest BCUT2D eigenvalue weighted by molar-refractivity contribution is 7.92. The van der Waals surface area contributed by atoms with Crippen LogP contribution in [0.4, 0.5) is 15.8 Å². The lowest BCUT2D eigenvalue weighted by atomic mass is 10.1. The molecule has 4 nitrogen and oxygen atoms in total. The SMILES string of the molecule is Cc1cc(N)c(NS(=O)(=O)c2cc(F)ccc2C)cc1C. The minimum atomic E-state index is -3.89. The summed E-state index contributed by atoms with van der Waals surface area (Å²) >= 11 is 0. The molecule has 0 aliphatic heterocycles. The van der Waals surface area contributed by atoms with Crippen molar-refractivity contribution in [3.05, 3.63) is 52.8 Å². The molecule has 0 spiro atoms. The van der Waals surface area contributed by atoms with Crippen LogP contribution in [0.3, 0.4) is 0 Å². The van der Waals surface area contributed by atoms with Crippen LogP contribution in [0, 0.1) is 26.6 Å². The smallest absolute Gasteiger partial charge is 0.262 e. The van der Waals surface area contributed by atoms with Gasteiger partial charge in [0.1, 0.15) is 5.82 Å². The first-order valence-corrected chi connectivity index (χ1v) is 7.85. The first-order valence-electron chi connectivity index (χ1n) is 6.36. The van der Waals surface area contributed by atoms with Gasteiger partial charge in [0.15, 0.2) is 0 Å². The van der Waals surface area contributed by atoms with Gasteiger partial charge in [-0.1, -0.05) is 6.07 Å². The molecule has 0 atom stereocenters. The second kappa shape index (κ2) is 5.37. The Morgan fingerprint density at radius 1 is 1.00 bits per heavy atom. The molecule has 112 valence electrons. The zero-order chi connectivity index (χ0) is 15.8. The average Bonchev–Trinajstić information content (AvgIpc) is 2.38. The predicted octanol–water partition coefficient (Wildman–Crippen LogP) is 3.13. The molecular formula is C15H17FN2O2S. The van der Waals surface area contributed by atoms with Crippen molar-refractivity contribution in [3.8, 4) is 0 Å². The van der Waals surface area contributed by atoms with E-state index in [2.05, 4.69) is 4.72 Å². The first kappa shape index (κ1) is 15.3. The fraction of sp³-hybridized carbons (Fsp3) is 0.200. The highest BCUT2D eigenvalue weighted by Crippen LogP contribution is 2.27. The van der Waals surface area contributed by atoms with Crippen LogP contribution in [0.1, 0.15) is 16.7 Å². The predicted molar refractivity (Wildman–Crippen MR) is 82.3 cm³/mol. The summed E-state index contributed by atoms with van der Waals surface area (Å²) in [7, 11) is -3.89. The van der Waals surface area contributed by atoms with Crippen LogP contribution < -0.4 is 10.5 Å². The summed E-state index contributed by atoms with van der Waals surface area (Å²) in [6.07, 6.45) is 0. The van der Waals surface area contributed by atoms with Crippen LogP contribution in [0.2, 0.25) is 0 Å². The summed E-state index contributed by atoms with van der Waals surface area (Å²) < 4.78 is 40.5. The van der Waals surface area contributed by atoms with Crippen LogP contribution in [-0.4, -0.2) is 8.42 Å². The summed E-state index contributed by atoms with van der Waals surface area (Å²) in [5.41, 5.74) is 8.81. The van der Waals surface area contributed by atoms with Gasteiger partial charge < -0.3 is 5.73 Å². The highest BCUT2D eigenvalue weighted by atomic mass is 32.2. The number of anilines is 2. The van der Waals surface area contributed by atoms with Gasteiger partial charge in [0, 0.05) is 0 Å². The Morgan fingerprint density at radius 2 is 1.62 bits per heavy atom. The van der Waals surface area contributed by atoms with E-state index in [9.17, 15) is 12.8 Å². The minimum Gasteiger partial charge on any atom is -0.397 e. The Bertz CT molecular complexity index is 802. The topological polar surface area (TPSA) is 72.2 Å². The van der Waals surface area contributed by atoms with Crippen LogP contribution in [-0.2, 0) is 10.0 Å². The van der Waals surface area contributed by atoms with E-state index in [1.165, 1.54) is 12.1 Å². The summed E-state index contributed by atoms with van der Waals surface area (Å²) in [6.45, 7) is 5.36. The maximum absolute atomic E-state index is 13.3. The quantitative estimate of drug-likeness (QED) is 0.856. The van der Waals surface area contributed by atoms with E-state index in [0.717, 1.165) is 17.2 Å². The second-order valence-corrected chi connectivity index (χ2v) is 6.69. The molecule has 0 heterocycles. The molecule has 6 heteroatoms. The van der Waals surface area contributed by atoms with Gasteiger partial charge in [-0.05, 0) is 61.7 Å². The van der Waals surface area contributed by atoms with Gasteiger partial charge in [0.2, 0.25) is 0 Å². The van der Waals surface area contributed by atoms with E-state index in [4.69, 9.17) is 5.73 Å². The van der Waals surface area contributed by atoms with Crippen molar-refractivity contribution < 1.29 is 12.8 Å². The molecule has 0 amide bonds.